The molecule has 25 heavy (non-hydrogen) atoms. The van der Waals surface area contributed by atoms with Crippen molar-refractivity contribution in [2.75, 3.05) is 26.3 Å². The number of fused-ring (bicyclic) bond motifs is 3. The number of β-amino-alcohol motifs (C(OH)–C–C–N with tert-alkyl or cyclic N) is 1. The molecule has 4 heteroatoms. The van der Waals surface area contributed by atoms with Crippen LogP contribution in [0.25, 0.3) is 10.9 Å². The van der Waals surface area contributed by atoms with Crippen LogP contribution in [-0.2, 0) is 24.2 Å². The summed E-state index contributed by atoms with van der Waals surface area (Å²) in [5, 5.41) is 11.6. The van der Waals surface area contributed by atoms with Gasteiger partial charge in [0.2, 0.25) is 0 Å². The smallest absolute Gasteiger partial charge is 0.0900 e. The molecule has 4 rings (SSSR count). The lowest BCUT2D eigenvalue weighted by Gasteiger charge is -2.29. The van der Waals surface area contributed by atoms with E-state index in [2.05, 4.69) is 40.3 Å². The fourth-order valence-corrected chi connectivity index (χ4v) is 4.02. The molecule has 1 aromatic carbocycles. The summed E-state index contributed by atoms with van der Waals surface area (Å²) in [6.07, 6.45) is 5.10. The quantitative estimate of drug-likeness (QED) is 0.593. The molecule has 0 saturated heterocycles. The number of aliphatic hydroxyl groups is 1. The lowest BCUT2D eigenvalue weighted by molar-refractivity contribution is 0.0235. The molecule has 1 aromatic heterocycles. The zero-order chi connectivity index (χ0) is 17.2. The van der Waals surface area contributed by atoms with Crippen LogP contribution in [0, 0.1) is 5.92 Å². The lowest BCUT2D eigenvalue weighted by Crippen LogP contribution is -2.38. The fraction of sp³-hybridized carbons (Fsp3) is 0.524. The van der Waals surface area contributed by atoms with Crippen molar-refractivity contribution in [2.45, 2.75) is 38.5 Å². The Morgan fingerprint density at radius 1 is 1.32 bits per heavy atom. The molecular weight excluding hydrogens is 312 g/mol. The molecule has 0 unspecified atom stereocenters. The molecule has 0 bridgehead atoms. The lowest BCUT2D eigenvalue weighted by atomic mass is 10.0. The van der Waals surface area contributed by atoms with E-state index in [-0.39, 0.29) is 0 Å². The summed E-state index contributed by atoms with van der Waals surface area (Å²) in [6, 6.07) is 8.81. The Hall–Kier alpha value is -1.62. The molecule has 1 aliphatic carbocycles. The van der Waals surface area contributed by atoms with Crippen molar-refractivity contribution < 1.29 is 9.84 Å². The number of aromatic nitrogens is 1. The van der Waals surface area contributed by atoms with E-state index in [1.807, 2.05) is 0 Å². The number of nitrogens with zero attached hydrogens (tertiary/aromatic N) is 2. The summed E-state index contributed by atoms with van der Waals surface area (Å²) in [5.74, 6) is 0.877. The van der Waals surface area contributed by atoms with E-state index in [9.17, 15) is 5.11 Å². The van der Waals surface area contributed by atoms with Gasteiger partial charge in [0.1, 0.15) is 0 Å². The molecule has 0 radical (unpaired) electrons. The topological polar surface area (TPSA) is 37.6 Å². The number of rotatable bonds is 8. The molecule has 4 nitrogen and oxygen atoms in total. The summed E-state index contributed by atoms with van der Waals surface area (Å²) in [7, 11) is 0. The van der Waals surface area contributed by atoms with Crippen LogP contribution in [0.5, 0.6) is 0 Å². The van der Waals surface area contributed by atoms with Crippen LogP contribution in [0.1, 0.15) is 24.1 Å². The minimum Gasteiger partial charge on any atom is -0.389 e. The van der Waals surface area contributed by atoms with Crippen LogP contribution in [0.4, 0.5) is 0 Å². The monoisotopic (exact) mass is 340 g/mol. The van der Waals surface area contributed by atoms with Gasteiger partial charge in [0, 0.05) is 49.2 Å². The molecule has 134 valence electrons. The van der Waals surface area contributed by atoms with Crippen LogP contribution < -0.4 is 0 Å². The minimum atomic E-state index is -0.443. The van der Waals surface area contributed by atoms with Crippen molar-refractivity contribution in [2.24, 2.45) is 5.92 Å². The maximum Gasteiger partial charge on any atom is 0.0900 e. The molecule has 0 spiro atoms. The van der Waals surface area contributed by atoms with E-state index in [4.69, 9.17) is 4.74 Å². The Morgan fingerprint density at radius 3 is 2.96 bits per heavy atom. The molecule has 1 saturated carbocycles. The van der Waals surface area contributed by atoms with Gasteiger partial charge < -0.3 is 14.4 Å². The van der Waals surface area contributed by atoms with Crippen molar-refractivity contribution in [3.8, 4) is 0 Å². The largest absolute Gasteiger partial charge is 0.389 e. The van der Waals surface area contributed by atoms with Gasteiger partial charge in [-0.15, -0.1) is 6.58 Å². The predicted octanol–water partition coefficient (Wildman–Crippen LogP) is 2.97. The van der Waals surface area contributed by atoms with Gasteiger partial charge in [-0.1, -0.05) is 24.3 Å². The third kappa shape index (κ3) is 3.66. The number of ether oxygens (including phenoxy) is 1. The van der Waals surface area contributed by atoms with Crippen LogP contribution in [0.3, 0.4) is 0 Å². The SMILES string of the molecule is C=CCOC[C@H](O)CN1CCc2c(c3ccccc3n2CC2CC2)C1. The normalized spacial score (nSPS) is 19.1. The van der Waals surface area contributed by atoms with Gasteiger partial charge in [0.15, 0.2) is 0 Å². The van der Waals surface area contributed by atoms with Gasteiger partial charge in [-0.25, -0.2) is 0 Å². The number of aliphatic hydroxyl groups excluding tert-OH is 1. The highest BCUT2D eigenvalue weighted by atomic mass is 16.5. The Kier molecular flexibility index (Phi) is 4.93. The van der Waals surface area contributed by atoms with Gasteiger partial charge in [0.05, 0.1) is 19.3 Å². The van der Waals surface area contributed by atoms with Crippen molar-refractivity contribution in [1.29, 1.82) is 0 Å². The number of hydrogen-bond donors (Lipinski definition) is 1. The molecule has 1 atom stereocenters. The van der Waals surface area contributed by atoms with Crippen molar-refractivity contribution >= 4 is 10.9 Å². The molecule has 1 fully saturated rings. The third-order valence-corrected chi connectivity index (χ3v) is 5.39. The number of benzene rings is 1. The molecule has 2 aromatic rings. The highest BCUT2D eigenvalue weighted by Crippen LogP contribution is 2.36. The number of hydrogen-bond acceptors (Lipinski definition) is 3. The minimum absolute atomic E-state index is 0.374. The van der Waals surface area contributed by atoms with Crippen LogP contribution in [-0.4, -0.2) is 47.0 Å². The van der Waals surface area contributed by atoms with Crippen LogP contribution >= 0.6 is 0 Å². The van der Waals surface area contributed by atoms with Gasteiger partial charge >= 0.3 is 0 Å². The molecule has 1 aliphatic heterocycles. The molecular formula is C21H28N2O2. The van der Waals surface area contributed by atoms with E-state index >= 15 is 0 Å². The van der Waals surface area contributed by atoms with Gasteiger partial charge in [0.25, 0.3) is 0 Å². The third-order valence-electron chi connectivity index (χ3n) is 5.39. The Bertz CT molecular complexity index is 748. The van der Waals surface area contributed by atoms with Crippen molar-refractivity contribution in [3.05, 3.63) is 48.2 Å². The zero-order valence-electron chi connectivity index (χ0n) is 14.9. The first-order chi connectivity index (χ1) is 12.3. The predicted molar refractivity (Wildman–Crippen MR) is 101 cm³/mol. The van der Waals surface area contributed by atoms with E-state index < -0.39 is 6.10 Å². The number of para-hydroxylation sites is 1. The molecule has 2 heterocycles. The Balaban J connectivity index is 1.51. The summed E-state index contributed by atoms with van der Waals surface area (Å²) in [5.41, 5.74) is 4.36. The summed E-state index contributed by atoms with van der Waals surface area (Å²) in [6.45, 7) is 8.27. The average Bonchev–Trinajstić information content (AvgIpc) is 3.39. The Morgan fingerprint density at radius 2 is 2.16 bits per heavy atom. The van der Waals surface area contributed by atoms with E-state index in [1.54, 1.807) is 6.08 Å². The maximum atomic E-state index is 10.2. The van der Waals surface area contributed by atoms with Gasteiger partial charge in [-0.3, -0.25) is 4.90 Å². The zero-order valence-corrected chi connectivity index (χ0v) is 14.9. The van der Waals surface area contributed by atoms with E-state index in [1.165, 1.54) is 41.5 Å². The summed E-state index contributed by atoms with van der Waals surface area (Å²) < 4.78 is 7.95. The summed E-state index contributed by atoms with van der Waals surface area (Å²) in [4.78, 5) is 2.36. The second-order valence-corrected chi connectivity index (χ2v) is 7.46. The van der Waals surface area contributed by atoms with Crippen molar-refractivity contribution in [3.63, 3.8) is 0 Å². The second-order valence-electron chi connectivity index (χ2n) is 7.46. The summed E-state index contributed by atoms with van der Waals surface area (Å²) >= 11 is 0. The standard InChI is InChI=1S/C21H28N2O2/c1-2-11-25-15-17(24)13-22-10-9-21-19(14-22)18-5-3-4-6-20(18)23(21)12-16-7-8-16/h2-6,16-17,24H,1,7-15H2/t17-/m1/s1. The first-order valence-corrected chi connectivity index (χ1v) is 9.44. The first kappa shape index (κ1) is 16.8. The molecule has 0 amide bonds. The first-order valence-electron chi connectivity index (χ1n) is 9.44. The van der Waals surface area contributed by atoms with Gasteiger partial charge in [-0.05, 0) is 30.4 Å². The molecule has 1 N–H and O–H groups in total. The average molecular weight is 340 g/mol. The van der Waals surface area contributed by atoms with E-state index in [0.29, 0.717) is 19.8 Å². The maximum absolute atomic E-state index is 10.2. The highest BCUT2D eigenvalue weighted by molar-refractivity contribution is 5.85. The highest BCUT2D eigenvalue weighted by Gasteiger charge is 2.28. The fourth-order valence-electron chi connectivity index (χ4n) is 4.02. The second kappa shape index (κ2) is 7.32. The van der Waals surface area contributed by atoms with Gasteiger partial charge in [-0.2, -0.15) is 0 Å². The van der Waals surface area contributed by atoms with Crippen molar-refractivity contribution in [1.82, 2.24) is 9.47 Å². The molecule has 2 aliphatic rings. The van der Waals surface area contributed by atoms with Crippen LogP contribution in [0.2, 0.25) is 0 Å². The van der Waals surface area contributed by atoms with E-state index in [0.717, 1.165) is 25.4 Å². The van der Waals surface area contributed by atoms with Crippen LogP contribution in [0.15, 0.2) is 36.9 Å². The Labute approximate surface area is 149 Å².